The molecular formula is C13H8ClFN2O4. The molecule has 0 aliphatic heterocycles. The van der Waals surface area contributed by atoms with Gasteiger partial charge in [-0.15, -0.1) is 0 Å². The molecule has 0 unspecified atom stereocenters. The number of carboxylic acid groups (broad SMARTS) is 1. The van der Waals surface area contributed by atoms with Crippen molar-refractivity contribution in [1.29, 1.82) is 0 Å². The highest BCUT2D eigenvalue weighted by Gasteiger charge is 2.20. The molecule has 0 saturated heterocycles. The molecule has 0 bridgehead atoms. The van der Waals surface area contributed by atoms with E-state index in [1.165, 1.54) is 12.1 Å². The number of carboxylic acids is 1. The van der Waals surface area contributed by atoms with Gasteiger partial charge in [-0.3, -0.25) is 10.1 Å². The summed E-state index contributed by atoms with van der Waals surface area (Å²) in [6.45, 7) is 0. The molecule has 8 heteroatoms. The minimum absolute atomic E-state index is 0.165. The summed E-state index contributed by atoms with van der Waals surface area (Å²) in [6, 6.07) is 7.20. The number of halogens is 2. The summed E-state index contributed by atoms with van der Waals surface area (Å²) in [7, 11) is 0. The molecule has 0 amide bonds. The van der Waals surface area contributed by atoms with Gasteiger partial charge in [-0.1, -0.05) is 11.6 Å². The highest BCUT2D eigenvalue weighted by molar-refractivity contribution is 6.30. The number of nitro groups is 1. The van der Waals surface area contributed by atoms with Crippen LogP contribution in [0.2, 0.25) is 5.02 Å². The number of benzene rings is 2. The lowest BCUT2D eigenvalue weighted by atomic mass is 10.1. The zero-order valence-electron chi connectivity index (χ0n) is 10.3. The Balaban J connectivity index is 2.39. The van der Waals surface area contributed by atoms with Crippen LogP contribution in [0.25, 0.3) is 0 Å². The first-order chi connectivity index (χ1) is 9.86. The molecule has 0 aliphatic rings. The van der Waals surface area contributed by atoms with Crippen LogP contribution in [0.1, 0.15) is 10.4 Å². The van der Waals surface area contributed by atoms with Crippen molar-refractivity contribution in [2.24, 2.45) is 0 Å². The largest absolute Gasteiger partial charge is 0.477 e. The van der Waals surface area contributed by atoms with Gasteiger partial charge in [0.1, 0.15) is 11.4 Å². The van der Waals surface area contributed by atoms with Crippen LogP contribution in [0, 0.1) is 15.9 Å². The lowest BCUT2D eigenvalue weighted by Gasteiger charge is -2.08. The van der Waals surface area contributed by atoms with Crippen LogP contribution in [0.5, 0.6) is 0 Å². The Morgan fingerprint density at radius 1 is 1.24 bits per heavy atom. The minimum atomic E-state index is -1.43. The van der Waals surface area contributed by atoms with Crippen LogP contribution in [0.4, 0.5) is 21.5 Å². The Kier molecular flexibility index (Phi) is 4.04. The van der Waals surface area contributed by atoms with E-state index in [0.29, 0.717) is 5.69 Å². The lowest BCUT2D eigenvalue weighted by Crippen LogP contribution is -2.03. The smallest absolute Gasteiger partial charge is 0.342 e. The summed E-state index contributed by atoms with van der Waals surface area (Å²) in [4.78, 5) is 21.0. The Hall–Kier alpha value is -2.67. The van der Waals surface area contributed by atoms with E-state index in [9.17, 15) is 19.3 Å². The molecule has 0 aromatic heterocycles. The molecule has 0 radical (unpaired) electrons. The van der Waals surface area contributed by atoms with Crippen molar-refractivity contribution in [1.82, 2.24) is 0 Å². The van der Waals surface area contributed by atoms with Gasteiger partial charge in [-0.05, 0) is 30.3 Å². The van der Waals surface area contributed by atoms with Crippen molar-refractivity contribution >= 4 is 34.6 Å². The standard InChI is InChI=1S/C13H8ClFN2O4/c14-7-3-8(15)5-10(4-7)16-9-1-2-12(17(20)21)11(6-9)13(18)19/h1-6,16H,(H,18,19). The van der Waals surface area contributed by atoms with E-state index >= 15 is 0 Å². The highest BCUT2D eigenvalue weighted by atomic mass is 35.5. The maximum absolute atomic E-state index is 13.2. The second-order valence-corrected chi connectivity index (χ2v) is 4.51. The topological polar surface area (TPSA) is 92.5 Å². The van der Waals surface area contributed by atoms with Gasteiger partial charge < -0.3 is 10.4 Å². The van der Waals surface area contributed by atoms with Gasteiger partial charge >= 0.3 is 5.97 Å². The van der Waals surface area contributed by atoms with Crippen LogP contribution < -0.4 is 5.32 Å². The van der Waals surface area contributed by atoms with Gasteiger partial charge in [-0.25, -0.2) is 9.18 Å². The molecule has 108 valence electrons. The summed E-state index contributed by atoms with van der Waals surface area (Å²) < 4.78 is 13.2. The van der Waals surface area contributed by atoms with Gasteiger partial charge in [0.25, 0.3) is 5.69 Å². The van der Waals surface area contributed by atoms with Crippen molar-refractivity contribution in [3.63, 3.8) is 0 Å². The van der Waals surface area contributed by atoms with Crippen molar-refractivity contribution in [3.8, 4) is 0 Å². The van der Waals surface area contributed by atoms with Crippen molar-refractivity contribution in [2.45, 2.75) is 0 Å². The average molecular weight is 311 g/mol. The zero-order chi connectivity index (χ0) is 15.6. The van der Waals surface area contributed by atoms with Crippen molar-refractivity contribution in [3.05, 3.63) is 62.9 Å². The van der Waals surface area contributed by atoms with E-state index in [1.54, 1.807) is 0 Å². The third-order valence-electron chi connectivity index (χ3n) is 2.57. The monoisotopic (exact) mass is 310 g/mol. The fourth-order valence-corrected chi connectivity index (χ4v) is 1.96. The number of hydrogen-bond acceptors (Lipinski definition) is 4. The number of carbonyl (C=O) groups is 1. The molecule has 21 heavy (non-hydrogen) atoms. The summed E-state index contributed by atoms with van der Waals surface area (Å²) >= 11 is 5.70. The Bertz CT molecular complexity index is 716. The molecular weight excluding hydrogens is 303 g/mol. The number of aromatic carboxylic acids is 1. The predicted molar refractivity (Wildman–Crippen MR) is 74.7 cm³/mol. The first kappa shape index (κ1) is 14.7. The van der Waals surface area contributed by atoms with E-state index in [4.69, 9.17) is 16.7 Å². The van der Waals surface area contributed by atoms with Crippen molar-refractivity contribution < 1.29 is 19.2 Å². The first-order valence-corrected chi connectivity index (χ1v) is 5.99. The lowest BCUT2D eigenvalue weighted by molar-refractivity contribution is -0.385. The van der Waals surface area contributed by atoms with Crippen LogP contribution in [0.3, 0.4) is 0 Å². The van der Waals surface area contributed by atoms with Crippen molar-refractivity contribution in [2.75, 3.05) is 5.32 Å². The van der Waals surface area contributed by atoms with E-state index < -0.39 is 28.0 Å². The molecule has 0 spiro atoms. The predicted octanol–water partition coefficient (Wildman–Crippen LogP) is 3.83. The highest BCUT2D eigenvalue weighted by Crippen LogP contribution is 2.26. The molecule has 2 aromatic carbocycles. The summed E-state index contributed by atoms with van der Waals surface area (Å²) in [5.74, 6) is -1.99. The maximum atomic E-state index is 13.2. The summed E-state index contributed by atoms with van der Waals surface area (Å²) in [5.41, 5.74) is -0.428. The number of nitrogens with one attached hydrogen (secondary N) is 1. The van der Waals surface area contributed by atoms with E-state index in [-0.39, 0.29) is 10.7 Å². The average Bonchev–Trinajstić information content (AvgIpc) is 2.36. The summed E-state index contributed by atoms with van der Waals surface area (Å²) in [5, 5.41) is 22.6. The van der Waals surface area contributed by atoms with Crippen LogP contribution >= 0.6 is 11.6 Å². The Labute approximate surface area is 122 Å². The molecule has 2 aromatic rings. The Morgan fingerprint density at radius 3 is 2.52 bits per heavy atom. The van der Waals surface area contributed by atoms with E-state index in [0.717, 1.165) is 24.3 Å². The number of nitro benzene ring substituents is 1. The second-order valence-electron chi connectivity index (χ2n) is 4.08. The normalized spacial score (nSPS) is 10.2. The van der Waals surface area contributed by atoms with Gasteiger partial charge in [0.15, 0.2) is 0 Å². The molecule has 0 atom stereocenters. The molecule has 2 rings (SSSR count). The summed E-state index contributed by atoms with van der Waals surface area (Å²) in [6.07, 6.45) is 0. The molecule has 6 nitrogen and oxygen atoms in total. The zero-order valence-corrected chi connectivity index (χ0v) is 11.1. The van der Waals surface area contributed by atoms with E-state index in [1.807, 2.05) is 0 Å². The fourth-order valence-electron chi connectivity index (χ4n) is 1.74. The SMILES string of the molecule is O=C(O)c1cc(Nc2cc(F)cc(Cl)c2)ccc1[N+](=O)[O-]. The quantitative estimate of drug-likeness (QED) is 0.661. The fraction of sp³-hybridized carbons (Fsp3) is 0. The molecule has 0 fully saturated rings. The van der Waals surface area contributed by atoms with Gasteiger partial charge in [0, 0.05) is 22.5 Å². The van der Waals surface area contributed by atoms with E-state index in [2.05, 4.69) is 5.32 Å². The molecule has 0 heterocycles. The third-order valence-corrected chi connectivity index (χ3v) is 2.79. The van der Waals surface area contributed by atoms with Gasteiger partial charge in [0.05, 0.1) is 4.92 Å². The van der Waals surface area contributed by atoms with Crippen LogP contribution in [-0.2, 0) is 0 Å². The number of rotatable bonds is 4. The Morgan fingerprint density at radius 2 is 1.95 bits per heavy atom. The first-order valence-electron chi connectivity index (χ1n) is 5.61. The maximum Gasteiger partial charge on any atom is 0.342 e. The number of anilines is 2. The minimum Gasteiger partial charge on any atom is -0.477 e. The second kappa shape index (κ2) is 5.76. The molecule has 0 saturated carbocycles. The van der Waals surface area contributed by atoms with Gasteiger partial charge in [-0.2, -0.15) is 0 Å². The van der Waals surface area contributed by atoms with Crippen LogP contribution in [0.15, 0.2) is 36.4 Å². The third kappa shape index (κ3) is 3.46. The number of nitrogens with zero attached hydrogens (tertiary/aromatic N) is 1. The molecule has 0 aliphatic carbocycles. The number of hydrogen-bond donors (Lipinski definition) is 2. The van der Waals surface area contributed by atoms with Gasteiger partial charge in [0.2, 0.25) is 0 Å². The van der Waals surface area contributed by atoms with Crippen LogP contribution in [-0.4, -0.2) is 16.0 Å². The molecule has 2 N–H and O–H groups in total.